The second-order valence-electron chi connectivity index (χ2n) is 14.1. The van der Waals surface area contributed by atoms with Gasteiger partial charge in [-0.05, 0) is 70.1 Å². The molecular formula is C40H40N3O2Pt-. The molecule has 1 N–H and O–H groups in total. The predicted molar refractivity (Wildman–Crippen MR) is 183 cm³/mol. The Hall–Kier alpha value is -3.95. The summed E-state index contributed by atoms with van der Waals surface area (Å²) in [6.07, 6.45) is -1.22. The largest absolute Gasteiger partial charge is 0.506 e. The second-order valence-corrected chi connectivity index (χ2v) is 14.1. The Morgan fingerprint density at radius 2 is 1.59 bits per heavy atom. The second kappa shape index (κ2) is 12.0. The Morgan fingerprint density at radius 1 is 0.870 bits per heavy atom. The van der Waals surface area contributed by atoms with E-state index in [4.69, 9.17) is 12.5 Å². The van der Waals surface area contributed by atoms with E-state index in [0.717, 1.165) is 28.0 Å². The Balaban J connectivity index is 0.00000401. The van der Waals surface area contributed by atoms with Crippen LogP contribution in [-0.2, 0) is 38.3 Å². The standard InChI is InChI=1S/C40H40N3O2.Pt/c1-39(2,3)28-22-29(40(4,5)6)24-30(23-28)43-33-19-17-25-11-7-8-15-32(25)37(33)42-38(43)27-13-9-14-31(21-27)45-35-20-18-26-12-10-16-34(44)36(26)41-35;/h7-16,18,20,22-24,33,37,44H,17,19H2,1-6H3;/q-1;/t33-,37-;/m0./s1/i17D2;. The zero-order valence-corrected chi connectivity index (χ0v) is 29.3. The minimum Gasteiger partial charge on any atom is -0.506 e. The first-order valence-electron chi connectivity index (χ1n) is 16.6. The van der Waals surface area contributed by atoms with E-state index in [1.54, 1.807) is 18.2 Å². The Morgan fingerprint density at radius 3 is 2.33 bits per heavy atom. The Labute approximate surface area is 289 Å². The van der Waals surface area contributed by atoms with Crippen LogP contribution in [0.2, 0.25) is 0 Å². The zero-order valence-electron chi connectivity index (χ0n) is 29.0. The van der Waals surface area contributed by atoms with E-state index in [2.05, 4.69) is 75.7 Å². The average molecular weight is 792 g/mol. The number of phenols is 1. The molecule has 1 aromatic heterocycles. The summed E-state index contributed by atoms with van der Waals surface area (Å²) in [5.74, 6) is 1.64. The number of hydrogen-bond donors (Lipinski definition) is 1. The van der Waals surface area contributed by atoms with Crippen LogP contribution >= 0.6 is 0 Å². The maximum Gasteiger partial charge on any atom is 0.217 e. The molecule has 0 radical (unpaired) electrons. The molecule has 6 heteroatoms. The van der Waals surface area contributed by atoms with Gasteiger partial charge in [0.25, 0.3) is 0 Å². The molecule has 0 saturated heterocycles. The molecule has 1 aliphatic heterocycles. The van der Waals surface area contributed by atoms with Crippen molar-refractivity contribution in [3.8, 4) is 17.4 Å². The van der Waals surface area contributed by atoms with Crippen molar-refractivity contribution in [3.05, 3.63) is 125 Å². The number of para-hydroxylation sites is 1. The number of hydrogen-bond acceptors (Lipinski definition) is 5. The van der Waals surface area contributed by atoms with Gasteiger partial charge in [-0.2, -0.15) is 0 Å². The molecule has 1 aliphatic carbocycles. The SMILES string of the molecule is [2H]C1([2H])C[C@H]2[C@@H](N=C(c3[c-]c(Oc4ccc5cccc(O)c5n4)ccc3)N2c2cc(C(C)(C)C)cc(C(C)(C)C)c2)c2ccccc21.[Pt]. The number of aromatic nitrogens is 1. The van der Waals surface area contributed by atoms with Crippen molar-refractivity contribution in [2.75, 3.05) is 4.90 Å². The number of aryl methyl sites for hydroxylation is 1. The van der Waals surface area contributed by atoms with Gasteiger partial charge in [0, 0.05) is 46.7 Å². The summed E-state index contributed by atoms with van der Waals surface area (Å²) in [5, 5.41) is 11.2. The number of benzene rings is 4. The summed E-state index contributed by atoms with van der Waals surface area (Å²) < 4.78 is 24.5. The molecule has 5 nitrogen and oxygen atoms in total. The quantitative estimate of drug-likeness (QED) is 0.185. The maximum atomic E-state index is 10.4. The number of amidine groups is 1. The van der Waals surface area contributed by atoms with E-state index in [0.29, 0.717) is 29.1 Å². The normalized spacial score (nSPS) is 19.3. The molecule has 0 amide bonds. The summed E-state index contributed by atoms with van der Waals surface area (Å²) in [7, 11) is 0. The molecule has 0 fully saturated rings. The van der Waals surface area contributed by atoms with E-state index >= 15 is 0 Å². The third-order valence-electron chi connectivity index (χ3n) is 8.79. The fraction of sp³-hybridized carbons (Fsp3) is 0.300. The molecule has 0 spiro atoms. The van der Waals surface area contributed by atoms with Crippen molar-refractivity contribution in [2.45, 2.75) is 77.2 Å². The minimum absolute atomic E-state index is 0. The van der Waals surface area contributed by atoms with Crippen molar-refractivity contribution < 1.29 is 33.7 Å². The van der Waals surface area contributed by atoms with Crippen LogP contribution in [0.3, 0.4) is 0 Å². The first-order chi connectivity index (χ1) is 22.2. The summed E-state index contributed by atoms with van der Waals surface area (Å²) in [6.45, 7) is 13.4. The van der Waals surface area contributed by atoms with Gasteiger partial charge in [-0.15, -0.1) is 23.8 Å². The number of nitrogens with zero attached hydrogens (tertiary/aromatic N) is 3. The molecule has 2 aliphatic rings. The molecular weight excluding hydrogens is 750 g/mol. The molecule has 0 unspecified atom stereocenters. The maximum absolute atomic E-state index is 10.4. The number of pyridine rings is 1. The average Bonchev–Trinajstić information content (AvgIpc) is 3.39. The van der Waals surface area contributed by atoms with Crippen molar-refractivity contribution in [1.82, 2.24) is 4.98 Å². The van der Waals surface area contributed by atoms with Gasteiger partial charge in [0.2, 0.25) is 5.88 Å². The summed E-state index contributed by atoms with van der Waals surface area (Å²) >= 11 is 0. The van der Waals surface area contributed by atoms with Crippen LogP contribution < -0.4 is 9.64 Å². The fourth-order valence-electron chi connectivity index (χ4n) is 6.24. The number of phenolic OH excluding ortho intramolecular Hbond substituents is 1. The first-order valence-corrected chi connectivity index (χ1v) is 15.6. The van der Waals surface area contributed by atoms with Crippen LogP contribution in [0.1, 0.15) is 84.6 Å². The molecule has 2 atom stereocenters. The van der Waals surface area contributed by atoms with Crippen molar-refractivity contribution in [3.63, 3.8) is 0 Å². The molecule has 4 aromatic carbocycles. The monoisotopic (exact) mass is 791 g/mol. The minimum atomic E-state index is -1.52. The first kappa shape index (κ1) is 29.5. The summed E-state index contributed by atoms with van der Waals surface area (Å²) in [5.41, 5.74) is 6.08. The number of rotatable bonds is 4. The van der Waals surface area contributed by atoms with Gasteiger partial charge in [-0.3, -0.25) is 0 Å². The summed E-state index contributed by atoms with van der Waals surface area (Å²) in [4.78, 5) is 12.2. The van der Waals surface area contributed by atoms with Crippen molar-refractivity contribution >= 4 is 22.4 Å². The molecule has 0 saturated carbocycles. The summed E-state index contributed by atoms with van der Waals surface area (Å²) in [6, 6.07) is 32.2. The fourth-order valence-corrected chi connectivity index (χ4v) is 6.24. The topological polar surface area (TPSA) is 58.0 Å². The van der Waals surface area contributed by atoms with E-state index in [1.807, 2.05) is 54.6 Å². The van der Waals surface area contributed by atoms with Crippen LogP contribution in [0.5, 0.6) is 17.4 Å². The van der Waals surface area contributed by atoms with E-state index in [-0.39, 0.29) is 49.7 Å². The van der Waals surface area contributed by atoms with Crippen molar-refractivity contribution in [1.29, 1.82) is 0 Å². The molecule has 2 heterocycles. The number of aliphatic imine (C=N–C) groups is 1. The zero-order chi connectivity index (χ0) is 33.3. The van der Waals surface area contributed by atoms with Gasteiger partial charge in [0.05, 0.1) is 17.9 Å². The Kier molecular flexibility index (Phi) is 7.69. The molecule has 238 valence electrons. The van der Waals surface area contributed by atoms with E-state index in [1.165, 1.54) is 11.1 Å². The van der Waals surface area contributed by atoms with E-state index in [9.17, 15) is 5.11 Å². The predicted octanol–water partition coefficient (Wildman–Crippen LogP) is 9.45. The number of fused-ring (bicyclic) bond motifs is 4. The van der Waals surface area contributed by atoms with Gasteiger partial charge in [0.15, 0.2) is 0 Å². The Bertz CT molecular complexity index is 2020. The van der Waals surface area contributed by atoms with Crippen LogP contribution in [0.25, 0.3) is 10.9 Å². The van der Waals surface area contributed by atoms with Gasteiger partial charge >= 0.3 is 0 Å². The molecule has 7 rings (SSSR count). The smallest absolute Gasteiger partial charge is 0.217 e. The third kappa shape index (κ3) is 5.98. The number of anilines is 1. The molecule has 46 heavy (non-hydrogen) atoms. The van der Waals surface area contributed by atoms with Crippen LogP contribution in [0, 0.1) is 6.07 Å². The van der Waals surface area contributed by atoms with E-state index < -0.39 is 6.37 Å². The van der Waals surface area contributed by atoms with Crippen LogP contribution in [0.15, 0.2) is 96.0 Å². The van der Waals surface area contributed by atoms with Gasteiger partial charge in [-0.25, -0.2) is 4.98 Å². The third-order valence-corrected chi connectivity index (χ3v) is 8.79. The van der Waals surface area contributed by atoms with Gasteiger partial charge in [0.1, 0.15) is 11.3 Å². The molecule has 0 bridgehead atoms. The van der Waals surface area contributed by atoms with Crippen molar-refractivity contribution in [2.24, 2.45) is 4.99 Å². The van der Waals surface area contributed by atoms with Crippen LogP contribution in [-0.4, -0.2) is 22.0 Å². The van der Waals surface area contributed by atoms with Crippen LogP contribution in [0.4, 0.5) is 5.69 Å². The number of ether oxygens (including phenoxy) is 1. The number of aromatic hydroxyl groups is 1. The van der Waals surface area contributed by atoms with Gasteiger partial charge < -0.3 is 19.7 Å². The molecule has 5 aromatic rings. The van der Waals surface area contributed by atoms with Gasteiger partial charge in [-0.1, -0.05) is 90.1 Å².